The van der Waals surface area contributed by atoms with E-state index in [0.29, 0.717) is 68.4 Å². The first-order valence-electron chi connectivity index (χ1n) is 36.6. The lowest BCUT2D eigenvalue weighted by atomic mass is 9.27. The molecule has 92 heavy (non-hydrogen) atoms. The number of carbonyl (C=O) groups is 1. The molecule has 0 aromatic rings. The Hall–Kier alpha value is -3.75. The van der Waals surface area contributed by atoms with E-state index in [0.717, 1.165) is 69.1 Å². The monoisotopic (exact) mass is 1260 g/mol. The van der Waals surface area contributed by atoms with Gasteiger partial charge in [-0.25, -0.2) is 0 Å². The summed E-state index contributed by atoms with van der Waals surface area (Å²) in [6.07, 6.45) is 29.9. The molecule has 4 heterocycles. The van der Waals surface area contributed by atoms with Gasteiger partial charge in [-0.3, -0.25) is 4.79 Å². The number of nitrogens with two attached hydrogens (primary N) is 1. The molecule has 15 aliphatic carbocycles. The molecule has 500 valence electrons. The third kappa shape index (κ3) is 7.81. The number of hydrogen-bond acceptors (Lipinski definition) is 16. The van der Waals surface area contributed by atoms with Crippen molar-refractivity contribution >= 4 is 5.78 Å². The highest BCUT2D eigenvalue weighted by atomic mass is 16.5. The van der Waals surface area contributed by atoms with Gasteiger partial charge < -0.3 is 77.1 Å². The van der Waals surface area contributed by atoms with E-state index >= 15 is 15.0 Å². The fourth-order valence-corrected chi connectivity index (χ4v) is 26.5. The van der Waals surface area contributed by atoms with E-state index in [1.807, 2.05) is 18.2 Å². The third-order valence-electron chi connectivity index (χ3n) is 29.9. The summed E-state index contributed by atoms with van der Waals surface area (Å²) in [6, 6.07) is 0.305. The molecule has 0 aromatic carbocycles. The van der Waals surface area contributed by atoms with Gasteiger partial charge in [0.1, 0.15) is 5.60 Å². The molecule has 16 nitrogen and oxygen atoms in total. The molecule has 9 fully saturated rings. The van der Waals surface area contributed by atoms with Crippen LogP contribution in [0.4, 0.5) is 0 Å². The van der Waals surface area contributed by atoms with Crippen LogP contribution in [0.3, 0.4) is 0 Å². The minimum Gasteiger partial charge on any atom is -0.396 e. The summed E-state index contributed by atoms with van der Waals surface area (Å²) in [5.41, 5.74) is -2.64. The molecule has 19 aliphatic rings. The highest BCUT2D eigenvalue weighted by Crippen LogP contribution is 2.86. The van der Waals surface area contributed by atoms with E-state index in [-0.39, 0.29) is 117 Å². The van der Waals surface area contributed by atoms with Crippen LogP contribution in [-0.2, 0) is 14.3 Å². The number of aliphatic hydroxyl groups is 9. The van der Waals surface area contributed by atoms with E-state index in [1.54, 1.807) is 13.8 Å². The summed E-state index contributed by atoms with van der Waals surface area (Å²) in [6.45, 7) is 5.55. The minimum absolute atomic E-state index is 0.0134. The summed E-state index contributed by atoms with van der Waals surface area (Å²) in [5, 5.41) is 132. The number of carbonyl (C=O) groups excluding carboxylic acids is 1. The minimum atomic E-state index is -2.03. The first kappa shape index (κ1) is 61.8. The molecule has 2 saturated heterocycles. The van der Waals surface area contributed by atoms with Crippen molar-refractivity contribution in [2.45, 2.75) is 252 Å². The molecule has 4 aliphatic heterocycles. The molecule has 0 aromatic heterocycles. The Bertz CT molecular complexity index is 3360. The van der Waals surface area contributed by atoms with E-state index in [9.17, 15) is 35.7 Å². The number of dihydropyridines is 1. The Balaban J connectivity index is 0.934. The zero-order valence-electron chi connectivity index (χ0n) is 54.4. The summed E-state index contributed by atoms with van der Waals surface area (Å²) in [5.74, 6) is -1.23. The largest absolute Gasteiger partial charge is 0.396 e. The van der Waals surface area contributed by atoms with Gasteiger partial charge in [0.25, 0.3) is 0 Å². The molecule has 16 heteroatoms. The number of ether oxygens (including phenoxy) is 2. The van der Waals surface area contributed by atoms with Crippen LogP contribution in [0.25, 0.3) is 0 Å². The van der Waals surface area contributed by atoms with E-state index in [2.05, 4.69) is 71.6 Å². The standard InChI is InChI=1S/C76H104N4O12/c1-4-7-41-10-14-47-56(18-11-41)92-67-63(47)53(83)9-5-23-76(67,90)68(3,87)59-21-25-75(89)65-64(79-37-40(2)82)66(86)70-24-20-44-45-15-16-48-61(45)57(91-58-34-52-46(62(48)58)22-30-78-52)32-42-12-13-43(33-49(42)44)73(59,75)39-72(88)28-26-69(50-17-19-60(77)80-51(50)8-6-31-81)27-29-74(65,72)71(70,38-69)36-55(85)54(84)35-70/h16-17,19-20,22,24,26-30,40-44,46-47,49,52-60,62-63,67,78-85,87-90H,4-15,18,21,23,25,31-39,77H2,1-3H3. The van der Waals surface area contributed by atoms with Crippen LogP contribution >= 0.6 is 0 Å². The van der Waals surface area contributed by atoms with Crippen LogP contribution in [0.1, 0.15) is 168 Å². The Labute approximate surface area is 542 Å². The SMILES string of the molecule is CCCC1CCC2OC3C(C(O)CCCC3(O)C(C)(O)C3CCC4(O)C5=C(NCC(C)O)C(=O)C67C=CC8C9=C%10C(=CC9)C9C(CC%11NC=CC%119)OC%10CC9CCC(CC98)C34CC3(O)C=CC4(C8=C(CCCO)NC(N)C=C8)C=CC53C6(CC(O)C(O)C7)C4)C2CC1. The first-order chi connectivity index (χ1) is 44.1. The van der Waals surface area contributed by atoms with Crippen molar-refractivity contribution in [3.8, 4) is 0 Å². The quantitative estimate of drug-likeness (QED) is 0.0962. The maximum Gasteiger partial charge on any atom is 0.189 e. The van der Waals surface area contributed by atoms with Gasteiger partial charge in [0.05, 0.1) is 88.3 Å². The maximum absolute atomic E-state index is 17.8. The highest BCUT2D eigenvalue weighted by molar-refractivity contribution is 6.05. The van der Waals surface area contributed by atoms with Crippen molar-refractivity contribution in [1.82, 2.24) is 16.0 Å². The van der Waals surface area contributed by atoms with Crippen molar-refractivity contribution in [3.05, 3.63) is 106 Å². The molecule has 7 saturated carbocycles. The zero-order valence-corrected chi connectivity index (χ0v) is 54.4. The number of aliphatic hydroxyl groups excluding tert-OH is 5. The molecule has 29 unspecified atom stereocenters. The Kier molecular flexibility index (Phi) is 14.2. The fourth-order valence-electron chi connectivity index (χ4n) is 26.5. The second-order valence-corrected chi connectivity index (χ2v) is 33.6. The maximum atomic E-state index is 17.8. The molecular weight excluding hydrogens is 1160 g/mol. The molecule has 0 radical (unpaired) electrons. The lowest BCUT2D eigenvalue weighted by Crippen LogP contribution is -2.80. The number of fused-ring (bicyclic) bond motifs is 8. The van der Waals surface area contributed by atoms with Crippen LogP contribution in [0, 0.1) is 86.3 Å². The van der Waals surface area contributed by atoms with Gasteiger partial charge in [-0.15, -0.1) is 0 Å². The predicted octanol–water partition coefficient (Wildman–Crippen LogP) is 6.67. The van der Waals surface area contributed by atoms with Gasteiger partial charge in [-0.05, 0) is 207 Å². The van der Waals surface area contributed by atoms with E-state index < -0.39 is 104 Å². The molecule has 4 spiro atoms. The van der Waals surface area contributed by atoms with Gasteiger partial charge in [0, 0.05) is 70.4 Å². The van der Waals surface area contributed by atoms with Gasteiger partial charge >= 0.3 is 0 Å². The number of rotatable bonds is 11. The van der Waals surface area contributed by atoms with Crippen LogP contribution in [-0.4, -0.2) is 148 Å². The normalized spacial score (nSPS) is 52.8. The van der Waals surface area contributed by atoms with Crippen LogP contribution < -0.4 is 21.7 Å². The van der Waals surface area contributed by atoms with Crippen molar-refractivity contribution in [1.29, 1.82) is 0 Å². The Morgan fingerprint density at radius 1 is 0.870 bits per heavy atom. The molecule has 14 N–H and O–H groups in total. The van der Waals surface area contributed by atoms with E-state index in [4.69, 9.17) is 15.2 Å². The number of ketones is 1. The molecule has 0 amide bonds. The second kappa shape index (κ2) is 21.1. The van der Waals surface area contributed by atoms with Crippen LogP contribution in [0.2, 0.25) is 0 Å². The van der Waals surface area contributed by atoms with Gasteiger partial charge in [-0.1, -0.05) is 86.4 Å². The topological polar surface area (TPSA) is 280 Å². The summed E-state index contributed by atoms with van der Waals surface area (Å²) >= 11 is 0. The Morgan fingerprint density at radius 3 is 2.50 bits per heavy atom. The Morgan fingerprint density at radius 2 is 1.68 bits per heavy atom. The number of allylic oxidation sites excluding steroid dienone is 10. The molecule has 9 bridgehead atoms. The third-order valence-corrected chi connectivity index (χ3v) is 29.9. The second-order valence-electron chi connectivity index (χ2n) is 33.6. The van der Waals surface area contributed by atoms with E-state index in [1.165, 1.54) is 16.7 Å². The van der Waals surface area contributed by atoms with Crippen molar-refractivity contribution < 1.29 is 60.2 Å². The fraction of sp³-hybridized carbons (Fsp3) is 0.750. The van der Waals surface area contributed by atoms with Crippen molar-refractivity contribution in [2.75, 3.05) is 13.2 Å². The van der Waals surface area contributed by atoms with Gasteiger partial charge in [-0.2, -0.15) is 0 Å². The van der Waals surface area contributed by atoms with Crippen molar-refractivity contribution in [2.24, 2.45) is 92.0 Å². The molecular formula is C76H104N4O12. The first-order valence-corrected chi connectivity index (χ1v) is 36.6. The number of Topliss-reactive ketones (excluding diaryl/α,β-unsaturated/α-hetero) is 1. The van der Waals surface area contributed by atoms with Gasteiger partial charge in [0.2, 0.25) is 0 Å². The summed E-state index contributed by atoms with van der Waals surface area (Å²) in [4.78, 5) is 17.8. The van der Waals surface area contributed by atoms with Gasteiger partial charge in [0.15, 0.2) is 5.78 Å². The smallest absolute Gasteiger partial charge is 0.189 e. The average Bonchev–Trinajstić information content (AvgIpc) is 1.23. The lowest BCUT2D eigenvalue weighted by Gasteiger charge is -2.76. The molecule has 19 rings (SSSR count). The zero-order chi connectivity index (χ0) is 63.7. The van der Waals surface area contributed by atoms with Crippen LogP contribution in [0.5, 0.6) is 0 Å². The average molecular weight is 1270 g/mol. The number of nitrogens with one attached hydrogen (secondary N) is 3. The van der Waals surface area contributed by atoms with Crippen LogP contribution in [0.15, 0.2) is 106 Å². The summed E-state index contributed by atoms with van der Waals surface area (Å²) in [7, 11) is 0. The summed E-state index contributed by atoms with van der Waals surface area (Å²) < 4.78 is 14.9. The molecule has 29 atom stereocenters. The highest BCUT2D eigenvalue weighted by Gasteiger charge is 2.88. The number of hydrogen-bond donors (Lipinski definition) is 13. The lowest BCUT2D eigenvalue weighted by molar-refractivity contribution is -0.290. The predicted molar refractivity (Wildman–Crippen MR) is 344 cm³/mol. The van der Waals surface area contributed by atoms with Crippen molar-refractivity contribution in [3.63, 3.8) is 0 Å².